The van der Waals surface area contributed by atoms with E-state index in [0.29, 0.717) is 0 Å². The summed E-state index contributed by atoms with van der Waals surface area (Å²) in [4.78, 5) is 29.6. The number of anilines is 1. The molecule has 2 heterocycles. The standard InChI is InChI=1S/C23H32N4O2Si/c1-15-16(2)25-23-17(13-20(24)28)8-9-19(22(15)23)27-11-6-7-18(14-27)26-21(29)10-12-30(3,4)5/h8-9,18,25H,6-7,11,13-14H2,1-5H3,(H2,24,28)(H,26,29)/t18-/m0/s1. The molecular weight excluding hydrogens is 392 g/mol. The minimum atomic E-state index is -1.57. The number of hydrogen-bond donors (Lipinski definition) is 3. The van der Waals surface area contributed by atoms with Crippen LogP contribution in [-0.2, 0) is 16.0 Å². The molecule has 1 aromatic carbocycles. The lowest BCUT2D eigenvalue weighted by atomic mass is 10.00. The molecule has 0 aliphatic carbocycles. The zero-order chi connectivity index (χ0) is 22.1. The summed E-state index contributed by atoms with van der Waals surface area (Å²) in [6, 6.07) is 4.14. The maximum Gasteiger partial charge on any atom is 0.295 e. The van der Waals surface area contributed by atoms with Crippen LogP contribution in [0.3, 0.4) is 0 Å². The highest BCUT2D eigenvalue weighted by Gasteiger charge is 2.24. The Labute approximate surface area is 179 Å². The van der Waals surface area contributed by atoms with E-state index in [4.69, 9.17) is 5.73 Å². The van der Waals surface area contributed by atoms with Crippen molar-refractivity contribution in [3.05, 3.63) is 29.0 Å². The van der Waals surface area contributed by atoms with Gasteiger partial charge in [0.2, 0.25) is 5.91 Å². The first-order valence-corrected chi connectivity index (χ1v) is 14.0. The molecule has 1 aromatic heterocycles. The highest BCUT2D eigenvalue weighted by Crippen LogP contribution is 2.35. The number of aryl methyl sites for hydroxylation is 2. The molecule has 1 fully saturated rings. The number of aromatic amines is 1. The summed E-state index contributed by atoms with van der Waals surface area (Å²) in [5.74, 6) is 2.27. The molecule has 6 nitrogen and oxygen atoms in total. The molecule has 2 amide bonds. The number of rotatable bonds is 4. The largest absolute Gasteiger partial charge is 0.369 e. The Kier molecular flexibility index (Phi) is 6.27. The van der Waals surface area contributed by atoms with E-state index >= 15 is 0 Å². The molecule has 4 N–H and O–H groups in total. The average Bonchev–Trinajstić information content (AvgIpc) is 2.95. The van der Waals surface area contributed by atoms with Gasteiger partial charge in [-0.15, -0.1) is 5.54 Å². The first-order chi connectivity index (χ1) is 14.0. The highest BCUT2D eigenvalue weighted by atomic mass is 28.3. The quantitative estimate of drug-likeness (QED) is 0.521. The molecule has 1 aliphatic heterocycles. The van der Waals surface area contributed by atoms with E-state index < -0.39 is 8.07 Å². The monoisotopic (exact) mass is 424 g/mol. The van der Waals surface area contributed by atoms with Gasteiger partial charge in [-0.2, -0.15) is 0 Å². The third-order valence-corrected chi connectivity index (χ3v) is 6.41. The molecule has 0 unspecified atom stereocenters. The second kappa shape index (κ2) is 8.56. The fraction of sp³-hybridized carbons (Fsp3) is 0.478. The number of nitrogens with one attached hydrogen (secondary N) is 2. The number of carbonyl (C=O) groups is 2. The number of fused-ring (bicyclic) bond motifs is 1. The number of nitrogens with zero attached hydrogens (tertiary/aromatic N) is 1. The van der Waals surface area contributed by atoms with Crippen LogP contribution in [0.5, 0.6) is 0 Å². The number of carbonyl (C=O) groups excluding carboxylic acids is 2. The van der Waals surface area contributed by atoms with E-state index in [0.717, 1.165) is 53.8 Å². The van der Waals surface area contributed by atoms with Gasteiger partial charge < -0.3 is 20.9 Å². The van der Waals surface area contributed by atoms with Gasteiger partial charge in [0.1, 0.15) is 8.07 Å². The van der Waals surface area contributed by atoms with Crippen molar-refractivity contribution in [3.63, 3.8) is 0 Å². The first kappa shape index (κ1) is 22.0. The number of hydrogen-bond acceptors (Lipinski definition) is 3. The van der Waals surface area contributed by atoms with Gasteiger partial charge in [-0.25, -0.2) is 0 Å². The molecule has 0 spiro atoms. The predicted molar refractivity (Wildman–Crippen MR) is 125 cm³/mol. The van der Waals surface area contributed by atoms with Crippen LogP contribution in [0.15, 0.2) is 12.1 Å². The molecule has 0 radical (unpaired) electrons. The molecular formula is C23H32N4O2Si. The minimum Gasteiger partial charge on any atom is -0.369 e. The lowest BCUT2D eigenvalue weighted by molar-refractivity contribution is -0.117. The first-order valence-electron chi connectivity index (χ1n) is 10.5. The van der Waals surface area contributed by atoms with Crippen molar-refractivity contribution < 1.29 is 9.59 Å². The maximum absolute atomic E-state index is 12.3. The Morgan fingerprint density at radius 1 is 1.30 bits per heavy atom. The van der Waals surface area contributed by atoms with Gasteiger partial charge in [0, 0.05) is 35.9 Å². The highest BCUT2D eigenvalue weighted by molar-refractivity contribution is 6.84. The summed E-state index contributed by atoms with van der Waals surface area (Å²) in [5.41, 5.74) is 13.9. The van der Waals surface area contributed by atoms with Crippen LogP contribution in [0.1, 0.15) is 29.7 Å². The van der Waals surface area contributed by atoms with Crippen LogP contribution in [0.4, 0.5) is 5.69 Å². The fourth-order valence-electron chi connectivity index (χ4n) is 4.00. The third-order valence-electron chi connectivity index (χ3n) is 5.53. The summed E-state index contributed by atoms with van der Waals surface area (Å²) < 4.78 is 0. The number of aromatic nitrogens is 1. The summed E-state index contributed by atoms with van der Waals surface area (Å²) >= 11 is 0. The Morgan fingerprint density at radius 3 is 2.70 bits per heavy atom. The molecule has 3 rings (SSSR count). The summed E-state index contributed by atoms with van der Waals surface area (Å²) in [6.45, 7) is 12.2. The molecule has 1 aliphatic rings. The van der Waals surface area contributed by atoms with Crippen LogP contribution in [0.2, 0.25) is 19.6 Å². The molecule has 160 valence electrons. The number of primary amides is 1. The lowest BCUT2D eigenvalue weighted by Crippen LogP contribution is -2.47. The van der Waals surface area contributed by atoms with Crippen LogP contribution in [-0.4, -0.2) is 44.0 Å². The van der Waals surface area contributed by atoms with Crippen LogP contribution in [0, 0.1) is 25.3 Å². The van der Waals surface area contributed by atoms with Crippen molar-refractivity contribution >= 4 is 36.5 Å². The Bertz CT molecular complexity index is 1040. The van der Waals surface area contributed by atoms with Gasteiger partial charge in [-0.1, -0.05) is 25.7 Å². The normalized spacial score (nSPS) is 16.8. The Balaban J connectivity index is 1.86. The van der Waals surface area contributed by atoms with E-state index in [2.05, 4.69) is 59.3 Å². The van der Waals surface area contributed by atoms with Crippen molar-refractivity contribution in [1.82, 2.24) is 10.3 Å². The Morgan fingerprint density at radius 2 is 2.03 bits per heavy atom. The molecule has 0 bridgehead atoms. The number of H-pyrrole nitrogens is 1. The third kappa shape index (κ3) is 5.06. The maximum atomic E-state index is 12.3. The second-order valence-electron chi connectivity index (χ2n) is 9.27. The SMILES string of the molecule is Cc1[nH]c2c(CC(N)=O)ccc(N3CCC[C@H](NC(=O)C#C[Si](C)(C)C)C3)c2c1C. The van der Waals surface area contributed by atoms with Gasteiger partial charge >= 0.3 is 0 Å². The van der Waals surface area contributed by atoms with Crippen molar-refractivity contribution in [2.24, 2.45) is 5.73 Å². The zero-order valence-electron chi connectivity index (χ0n) is 18.6. The smallest absolute Gasteiger partial charge is 0.295 e. The summed E-state index contributed by atoms with van der Waals surface area (Å²) in [5, 5.41) is 4.23. The summed E-state index contributed by atoms with van der Waals surface area (Å²) in [7, 11) is -1.57. The molecule has 1 saturated heterocycles. The van der Waals surface area contributed by atoms with E-state index in [-0.39, 0.29) is 24.3 Å². The number of amides is 2. The van der Waals surface area contributed by atoms with Crippen molar-refractivity contribution in [2.45, 2.75) is 58.8 Å². The van der Waals surface area contributed by atoms with E-state index in [9.17, 15) is 9.59 Å². The fourth-order valence-corrected chi connectivity index (χ4v) is 4.49. The van der Waals surface area contributed by atoms with Crippen LogP contribution >= 0.6 is 0 Å². The molecule has 30 heavy (non-hydrogen) atoms. The van der Waals surface area contributed by atoms with Gasteiger partial charge in [0.05, 0.1) is 11.9 Å². The second-order valence-corrected chi connectivity index (χ2v) is 14.0. The van der Waals surface area contributed by atoms with Crippen molar-refractivity contribution in [2.75, 3.05) is 18.0 Å². The van der Waals surface area contributed by atoms with Gasteiger partial charge in [-0.05, 0) is 49.8 Å². The van der Waals surface area contributed by atoms with E-state index in [1.54, 1.807) is 0 Å². The molecule has 7 heteroatoms. The summed E-state index contributed by atoms with van der Waals surface area (Å²) in [6.07, 6.45) is 2.16. The van der Waals surface area contributed by atoms with E-state index in [1.807, 2.05) is 13.0 Å². The van der Waals surface area contributed by atoms with Gasteiger partial charge in [-0.3, -0.25) is 9.59 Å². The van der Waals surface area contributed by atoms with E-state index in [1.165, 1.54) is 5.56 Å². The van der Waals surface area contributed by atoms with Crippen LogP contribution in [0.25, 0.3) is 10.9 Å². The molecule has 0 saturated carbocycles. The van der Waals surface area contributed by atoms with Crippen LogP contribution < -0.4 is 16.0 Å². The number of benzene rings is 1. The number of piperidine rings is 1. The number of nitrogens with two attached hydrogens (primary N) is 1. The minimum absolute atomic E-state index is 0.0721. The lowest BCUT2D eigenvalue weighted by Gasteiger charge is -2.35. The predicted octanol–water partition coefficient (Wildman–Crippen LogP) is 2.78. The van der Waals surface area contributed by atoms with Gasteiger partial charge in [0.15, 0.2) is 0 Å². The topological polar surface area (TPSA) is 91.2 Å². The molecule has 1 atom stereocenters. The van der Waals surface area contributed by atoms with Crippen molar-refractivity contribution in [1.29, 1.82) is 0 Å². The molecule has 2 aromatic rings. The zero-order valence-corrected chi connectivity index (χ0v) is 19.6. The Hall–Kier alpha value is -2.72. The van der Waals surface area contributed by atoms with Gasteiger partial charge in [0.25, 0.3) is 5.91 Å². The average molecular weight is 425 g/mol. The van der Waals surface area contributed by atoms with Crippen molar-refractivity contribution in [3.8, 4) is 11.5 Å².